The van der Waals surface area contributed by atoms with Gasteiger partial charge in [-0.3, -0.25) is 4.90 Å². The van der Waals surface area contributed by atoms with E-state index in [-0.39, 0.29) is 29.4 Å². The molecule has 7 heteroatoms. The van der Waals surface area contributed by atoms with E-state index in [9.17, 15) is 9.18 Å². The van der Waals surface area contributed by atoms with Crippen molar-refractivity contribution in [2.45, 2.75) is 71.6 Å². The van der Waals surface area contributed by atoms with Gasteiger partial charge in [-0.1, -0.05) is 19.9 Å². The van der Waals surface area contributed by atoms with Crippen LogP contribution in [0.4, 0.5) is 13.6 Å². The highest BCUT2D eigenvalue weighted by atomic mass is 19.1. The van der Waals surface area contributed by atoms with Crippen LogP contribution in [0.15, 0.2) is 30.3 Å². The summed E-state index contributed by atoms with van der Waals surface area (Å²) in [6, 6.07) is 7.46. The molecule has 3 heterocycles. The normalized spacial score (nSPS) is 26.4. The first-order chi connectivity index (χ1) is 17.1. The molecule has 0 aromatic heterocycles. The first-order valence-corrected chi connectivity index (χ1v) is 13.1. The lowest BCUT2D eigenvalue weighted by atomic mass is 9.70. The van der Waals surface area contributed by atoms with Crippen LogP contribution < -0.4 is 10.1 Å². The van der Waals surface area contributed by atoms with Gasteiger partial charge in [0.25, 0.3) is 0 Å². The Morgan fingerprint density at radius 3 is 2.50 bits per heavy atom. The number of hydrogen-bond acceptors (Lipinski definition) is 4. The van der Waals surface area contributed by atoms with Crippen molar-refractivity contribution in [2.24, 2.45) is 11.3 Å². The van der Waals surface area contributed by atoms with Crippen molar-refractivity contribution in [3.05, 3.63) is 53.1 Å². The lowest BCUT2D eigenvalue weighted by Crippen LogP contribution is -2.53. The number of rotatable bonds is 5. The topological polar surface area (TPSA) is 50.8 Å². The number of carbonyl (C=O) groups excluding carboxylic acids is 1. The molecule has 1 N–H and O–H groups in total. The van der Waals surface area contributed by atoms with E-state index in [1.807, 2.05) is 13.8 Å². The van der Waals surface area contributed by atoms with Gasteiger partial charge in [-0.2, -0.15) is 0 Å². The molecule has 0 radical (unpaired) electrons. The zero-order valence-corrected chi connectivity index (χ0v) is 21.6. The third kappa shape index (κ3) is 4.95. The maximum atomic E-state index is 15.4. The maximum absolute atomic E-state index is 15.4. The number of nitrogens with zero attached hydrogens (tertiary/aromatic N) is 1. The molecule has 5 nitrogen and oxygen atoms in total. The van der Waals surface area contributed by atoms with Gasteiger partial charge in [0.1, 0.15) is 11.9 Å². The van der Waals surface area contributed by atoms with Crippen LogP contribution >= 0.6 is 0 Å². The predicted molar refractivity (Wildman–Crippen MR) is 135 cm³/mol. The monoisotopic (exact) mass is 498 g/mol. The van der Waals surface area contributed by atoms with Gasteiger partial charge in [0.05, 0.1) is 12.1 Å². The molecule has 0 unspecified atom stereocenters. The Balaban J connectivity index is 1.38. The number of alkyl carbamates (subject to hydrolysis) is 1. The summed E-state index contributed by atoms with van der Waals surface area (Å²) in [4.78, 5) is 15.3. The van der Waals surface area contributed by atoms with Crippen molar-refractivity contribution >= 4 is 6.09 Å². The minimum absolute atomic E-state index is 0.0877. The van der Waals surface area contributed by atoms with Crippen molar-refractivity contribution in [2.75, 3.05) is 19.6 Å². The minimum atomic E-state index is -0.519. The fourth-order valence-electron chi connectivity index (χ4n) is 5.99. The summed E-state index contributed by atoms with van der Waals surface area (Å²) in [5.74, 6) is -0.389. The molecule has 36 heavy (non-hydrogen) atoms. The van der Waals surface area contributed by atoms with Crippen LogP contribution in [0.2, 0.25) is 0 Å². The van der Waals surface area contributed by atoms with E-state index >= 15 is 4.39 Å². The van der Waals surface area contributed by atoms with Crippen LogP contribution in [-0.4, -0.2) is 42.8 Å². The Bertz CT molecular complexity index is 1140. The lowest BCUT2D eigenvalue weighted by Gasteiger charge is -2.44. The standard InChI is InChI=1S/C29H36F2N2O3/c1-17(2)35-25-6-5-19(14-24(25)31)21-13-20-7-10-29(3,4)27(22(20)15-23(21)30)32-28(34)36-26-16-33-11-8-18(26)9-12-33/h5-6,13-15,17-18,26-27H,7-12,16H2,1-4H3,(H,32,34)/t26-,27-/m0/s1. The third-order valence-electron chi connectivity index (χ3n) is 8.08. The Morgan fingerprint density at radius 2 is 1.86 bits per heavy atom. The lowest BCUT2D eigenvalue weighted by molar-refractivity contribution is -0.0353. The number of amides is 1. The van der Waals surface area contributed by atoms with Crippen LogP contribution in [0.1, 0.15) is 64.1 Å². The average Bonchev–Trinajstić information content (AvgIpc) is 2.83. The molecule has 2 atom stereocenters. The maximum Gasteiger partial charge on any atom is 0.407 e. The fraction of sp³-hybridized carbons (Fsp3) is 0.552. The van der Waals surface area contributed by atoms with E-state index < -0.39 is 17.7 Å². The van der Waals surface area contributed by atoms with E-state index in [0.29, 0.717) is 17.0 Å². The zero-order chi connectivity index (χ0) is 25.6. The van der Waals surface area contributed by atoms with Crippen LogP contribution in [0.25, 0.3) is 11.1 Å². The SMILES string of the molecule is CC(C)Oc1ccc(-c2cc3c(cc2F)[C@H](NC(=O)O[C@H]2CN4CCC2CC4)C(C)(C)CC3)cc1F. The van der Waals surface area contributed by atoms with Crippen molar-refractivity contribution in [1.29, 1.82) is 0 Å². The van der Waals surface area contributed by atoms with Gasteiger partial charge >= 0.3 is 6.09 Å². The van der Waals surface area contributed by atoms with Gasteiger partial charge in [-0.25, -0.2) is 13.6 Å². The molecule has 0 spiro atoms. The number of carbonyl (C=O) groups is 1. The Labute approximate surface area is 212 Å². The van der Waals surface area contributed by atoms with E-state index in [2.05, 4.69) is 24.1 Å². The Hall–Kier alpha value is -2.67. The van der Waals surface area contributed by atoms with Gasteiger partial charge in [-0.05, 0) is 105 Å². The molecular formula is C29H36F2N2O3. The highest BCUT2D eigenvalue weighted by Crippen LogP contribution is 2.45. The molecule has 3 aliphatic heterocycles. The highest BCUT2D eigenvalue weighted by molar-refractivity contribution is 5.70. The second kappa shape index (κ2) is 9.66. The molecular weight excluding hydrogens is 462 g/mol. The first kappa shape index (κ1) is 25.0. The van der Waals surface area contributed by atoms with Crippen molar-refractivity contribution < 1.29 is 23.0 Å². The largest absolute Gasteiger partial charge is 0.488 e. The summed E-state index contributed by atoms with van der Waals surface area (Å²) in [6.07, 6.45) is 3.02. The van der Waals surface area contributed by atoms with Crippen LogP contribution in [0, 0.1) is 23.0 Å². The number of ether oxygens (including phenoxy) is 2. The number of hydrogen-bond donors (Lipinski definition) is 1. The van der Waals surface area contributed by atoms with Crippen molar-refractivity contribution in [3.63, 3.8) is 0 Å². The summed E-state index contributed by atoms with van der Waals surface area (Å²) in [7, 11) is 0. The highest BCUT2D eigenvalue weighted by Gasteiger charge is 2.40. The van der Waals surface area contributed by atoms with E-state index in [0.717, 1.165) is 56.4 Å². The minimum Gasteiger partial charge on any atom is -0.488 e. The molecule has 6 rings (SSSR count). The number of halogens is 2. The number of piperidine rings is 3. The number of nitrogens with one attached hydrogen (secondary N) is 1. The van der Waals surface area contributed by atoms with Gasteiger partial charge < -0.3 is 14.8 Å². The third-order valence-corrected chi connectivity index (χ3v) is 8.08. The Kier molecular flexibility index (Phi) is 6.70. The molecule has 0 saturated carbocycles. The summed E-state index contributed by atoms with van der Waals surface area (Å²) in [5.41, 5.74) is 2.26. The molecule has 2 bridgehead atoms. The second-order valence-corrected chi connectivity index (χ2v) is 11.5. The molecule has 1 amide bonds. The molecule has 2 aromatic carbocycles. The first-order valence-electron chi connectivity index (χ1n) is 13.1. The summed E-state index contributed by atoms with van der Waals surface area (Å²) < 4.78 is 41.4. The molecule has 194 valence electrons. The molecule has 4 aliphatic rings. The van der Waals surface area contributed by atoms with E-state index in [4.69, 9.17) is 9.47 Å². The fourth-order valence-corrected chi connectivity index (χ4v) is 5.99. The van der Waals surface area contributed by atoms with E-state index in [1.54, 1.807) is 18.2 Å². The number of benzene rings is 2. The van der Waals surface area contributed by atoms with Gasteiger partial charge in [-0.15, -0.1) is 0 Å². The molecule has 1 aliphatic carbocycles. The smallest absolute Gasteiger partial charge is 0.407 e. The molecule has 3 fully saturated rings. The van der Waals surface area contributed by atoms with Crippen molar-refractivity contribution in [1.82, 2.24) is 10.2 Å². The number of aryl methyl sites for hydroxylation is 1. The molecule has 2 aromatic rings. The zero-order valence-electron chi connectivity index (χ0n) is 21.6. The Morgan fingerprint density at radius 1 is 1.11 bits per heavy atom. The summed E-state index contributed by atoms with van der Waals surface area (Å²) in [5, 5.41) is 3.07. The van der Waals surface area contributed by atoms with Gasteiger partial charge in [0.15, 0.2) is 11.6 Å². The van der Waals surface area contributed by atoms with Crippen LogP contribution in [0.3, 0.4) is 0 Å². The molecule has 3 saturated heterocycles. The van der Waals surface area contributed by atoms with Gasteiger partial charge in [0.2, 0.25) is 0 Å². The van der Waals surface area contributed by atoms with Crippen LogP contribution in [-0.2, 0) is 11.2 Å². The second-order valence-electron chi connectivity index (χ2n) is 11.5. The average molecular weight is 499 g/mol. The van der Waals surface area contributed by atoms with Gasteiger partial charge in [0, 0.05) is 12.1 Å². The predicted octanol–water partition coefficient (Wildman–Crippen LogP) is 6.25. The van der Waals surface area contributed by atoms with Crippen LogP contribution in [0.5, 0.6) is 5.75 Å². The van der Waals surface area contributed by atoms with Crippen molar-refractivity contribution in [3.8, 4) is 16.9 Å². The van der Waals surface area contributed by atoms with E-state index in [1.165, 1.54) is 12.1 Å². The number of fused-ring (bicyclic) bond motifs is 4. The quantitative estimate of drug-likeness (QED) is 0.529. The summed E-state index contributed by atoms with van der Waals surface area (Å²) >= 11 is 0. The summed E-state index contributed by atoms with van der Waals surface area (Å²) in [6.45, 7) is 10.8.